The van der Waals surface area contributed by atoms with E-state index in [1.165, 1.54) is 24.3 Å². The van der Waals surface area contributed by atoms with Crippen LogP contribution in [0.2, 0.25) is 0 Å². The highest BCUT2D eigenvalue weighted by Gasteiger charge is 2.45. The van der Waals surface area contributed by atoms with Crippen molar-refractivity contribution in [3.63, 3.8) is 0 Å². The molecule has 1 amide bonds. The van der Waals surface area contributed by atoms with E-state index in [1.54, 1.807) is 17.0 Å². The monoisotopic (exact) mass is 564 g/mol. The fourth-order valence-corrected chi connectivity index (χ4v) is 5.93. The second kappa shape index (κ2) is 11.9. The fourth-order valence-electron chi connectivity index (χ4n) is 5.93. The fraction of sp³-hybridized carbons (Fsp3) is 0.375. The lowest BCUT2D eigenvalue weighted by Gasteiger charge is -2.39. The molecule has 5 rings (SSSR count). The largest absolute Gasteiger partial charge is 0.493 e. The zero-order chi connectivity index (χ0) is 29.1. The molecule has 7 nitrogen and oxygen atoms in total. The minimum atomic E-state index is -1.34. The molecule has 9 heteroatoms. The quantitative estimate of drug-likeness (QED) is 0.336. The van der Waals surface area contributed by atoms with Gasteiger partial charge in [0.2, 0.25) is 5.91 Å². The number of benzene rings is 3. The van der Waals surface area contributed by atoms with Gasteiger partial charge in [0.25, 0.3) is 0 Å². The van der Waals surface area contributed by atoms with Gasteiger partial charge in [0.1, 0.15) is 23.1 Å². The van der Waals surface area contributed by atoms with Gasteiger partial charge in [0.15, 0.2) is 0 Å². The average Bonchev–Trinajstić information content (AvgIpc) is 3.26. The maximum atomic E-state index is 14.3. The second-order valence-corrected chi connectivity index (χ2v) is 10.7. The van der Waals surface area contributed by atoms with Crippen LogP contribution in [0.5, 0.6) is 11.5 Å². The van der Waals surface area contributed by atoms with Crippen LogP contribution in [-0.2, 0) is 11.3 Å². The summed E-state index contributed by atoms with van der Waals surface area (Å²) in [4.78, 5) is 28.0. The van der Waals surface area contributed by atoms with E-state index in [0.29, 0.717) is 49.9 Å². The van der Waals surface area contributed by atoms with Gasteiger partial charge in [-0.15, -0.1) is 0 Å². The third kappa shape index (κ3) is 6.05. The van der Waals surface area contributed by atoms with Crippen molar-refractivity contribution in [3.8, 4) is 22.6 Å². The van der Waals surface area contributed by atoms with Crippen molar-refractivity contribution in [2.45, 2.75) is 39.7 Å². The molecule has 2 saturated heterocycles. The van der Waals surface area contributed by atoms with Gasteiger partial charge in [-0.3, -0.25) is 9.69 Å². The van der Waals surface area contributed by atoms with Crippen LogP contribution in [0.1, 0.15) is 49.0 Å². The first-order chi connectivity index (χ1) is 19.7. The van der Waals surface area contributed by atoms with Crippen molar-refractivity contribution >= 4 is 17.6 Å². The zero-order valence-electron chi connectivity index (χ0n) is 23.3. The summed E-state index contributed by atoms with van der Waals surface area (Å²) in [6.45, 7) is 7.55. The van der Waals surface area contributed by atoms with Crippen LogP contribution in [0, 0.1) is 17.0 Å². The predicted octanol–water partition coefficient (Wildman–Crippen LogP) is 6.15. The molecule has 1 spiro atoms. The van der Waals surface area contributed by atoms with Crippen LogP contribution in [0.3, 0.4) is 0 Å². The summed E-state index contributed by atoms with van der Waals surface area (Å²) in [5.41, 5.74) is 2.44. The third-order valence-electron chi connectivity index (χ3n) is 8.00. The number of hydrogen-bond donors (Lipinski definition) is 1. The van der Waals surface area contributed by atoms with Gasteiger partial charge in [0.05, 0.1) is 24.3 Å². The van der Waals surface area contributed by atoms with Crippen molar-refractivity contribution in [1.82, 2.24) is 4.90 Å². The highest BCUT2D eigenvalue weighted by Crippen LogP contribution is 2.44. The van der Waals surface area contributed by atoms with Gasteiger partial charge in [-0.05, 0) is 98.8 Å². The van der Waals surface area contributed by atoms with Gasteiger partial charge in [-0.25, -0.2) is 13.6 Å². The Balaban J connectivity index is 1.30. The summed E-state index contributed by atoms with van der Waals surface area (Å²) in [5.74, 6) is -1.18. The lowest BCUT2D eigenvalue weighted by atomic mass is 9.77. The highest BCUT2D eigenvalue weighted by molar-refractivity contribution is 5.97. The van der Waals surface area contributed by atoms with Gasteiger partial charge < -0.3 is 19.5 Å². The molecule has 0 bridgehead atoms. The number of likely N-dealkylation sites (tertiary alicyclic amines) is 1. The number of rotatable bonds is 9. The van der Waals surface area contributed by atoms with Gasteiger partial charge in [-0.2, -0.15) is 0 Å². The van der Waals surface area contributed by atoms with Gasteiger partial charge in [-0.1, -0.05) is 12.1 Å². The van der Waals surface area contributed by atoms with Crippen LogP contribution >= 0.6 is 0 Å². The molecule has 41 heavy (non-hydrogen) atoms. The normalized spacial score (nSPS) is 16.8. The summed E-state index contributed by atoms with van der Waals surface area (Å²) < 4.78 is 39.9. The predicted molar refractivity (Wildman–Crippen MR) is 151 cm³/mol. The zero-order valence-corrected chi connectivity index (χ0v) is 23.3. The number of carbonyl (C=O) groups excluding carboxylic acids is 1. The van der Waals surface area contributed by atoms with E-state index in [1.807, 2.05) is 26.0 Å². The molecule has 3 aromatic rings. The minimum Gasteiger partial charge on any atom is -0.493 e. The number of nitrogens with zero attached hydrogens (tertiary/aromatic N) is 2. The minimum absolute atomic E-state index is 0.0694. The number of carbonyl (C=O) groups is 2. The Morgan fingerprint density at radius 3 is 2.15 bits per heavy atom. The average molecular weight is 565 g/mol. The number of carboxylic acids is 1. The van der Waals surface area contributed by atoms with E-state index in [2.05, 4.69) is 4.90 Å². The van der Waals surface area contributed by atoms with Crippen molar-refractivity contribution in [3.05, 3.63) is 77.4 Å². The SMILES string of the molecule is CCOc1cc(CN2CCC3(CC2)CC(=O)N(c2ccc(C(=O)O)c(F)c2)C3)cc(OCC)c1-c1ccc(F)cc1. The lowest BCUT2D eigenvalue weighted by molar-refractivity contribution is -0.118. The molecule has 2 aliphatic rings. The summed E-state index contributed by atoms with van der Waals surface area (Å²) in [7, 11) is 0. The van der Waals surface area contributed by atoms with E-state index < -0.39 is 17.3 Å². The number of carboxylic acid groups (broad SMARTS) is 1. The molecule has 2 fully saturated rings. The first kappa shape index (κ1) is 28.5. The van der Waals surface area contributed by atoms with Crippen LogP contribution in [0.15, 0.2) is 54.6 Å². The molecule has 2 aliphatic heterocycles. The Morgan fingerprint density at radius 2 is 1.59 bits per heavy atom. The first-order valence-electron chi connectivity index (χ1n) is 14.0. The summed E-state index contributed by atoms with van der Waals surface area (Å²) in [5, 5.41) is 9.11. The summed E-state index contributed by atoms with van der Waals surface area (Å²) in [6, 6.07) is 14.2. The van der Waals surface area contributed by atoms with Crippen molar-refractivity contribution in [2.75, 3.05) is 37.7 Å². The number of ether oxygens (including phenoxy) is 2. The number of anilines is 1. The van der Waals surface area contributed by atoms with E-state index in [0.717, 1.165) is 48.7 Å². The molecule has 0 aliphatic carbocycles. The molecule has 216 valence electrons. The molecular weight excluding hydrogens is 530 g/mol. The highest BCUT2D eigenvalue weighted by atomic mass is 19.1. The number of hydrogen-bond acceptors (Lipinski definition) is 5. The molecule has 2 heterocycles. The number of halogens is 2. The maximum Gasteiger partial charge on any atom is 0.338 e. The summed E-state index contributed by atoms with van der Waals surface area (Å²) in [6.07, 6.45) is 2.02. The van der Waals surface area contributed by atoms with Crippen molar-refractivity contribution in [2.24, 2.45) is 5.41 Å². The third-order valence-corrected chi connectivity index (χ3v) is 8.00. The Bertz CT molecular complexity index is 1410. The van der Waals surface area contributed by atoms with E-state index >= 15 is 0 Å². The number of aromatic carboxylic acids is 1. The first-order valence-corrected chi connectivity index (χ1v) is 14.0. The lowest BCUT2D eigenvalue weighted by Crippen LogP contribution is -2.41. The molecule has 0 aromatic heterocycles. The van der Waals surface area contributed by atoms with E-state index in [-0.39, 0.29) is 17.1 Å². The number of amides is 1. The second-order valence-electron chi connectivity index (χ2n) is 10.7. The smallest absolute Gasteiger partial charge is 0.338 e. The van der Waals surface area contributed by atoms with Crippen LogP contribution < -0.4 is 14.4 Å². The molecule has 3 aromatic carbocycles. The number of piperidine rings is 1. The van der Waals surface area contributed by atoms with Crippen LogP contribution in [0.25, 0.3) is 11.1 Å². The Morgan fingerprint density at radius 1 is 0.951 bits per heavy atom. The molecule has 0 atom stereocenters. The Hall–Kier alpha value is -3.98. The summed E-state index contributed by atoms with van der Waals surface area (Å²) >= 11 is 0. The van der Waals surface area contributed by atoms with E-state index in [4.69, 9.17) is 14.6 Å². The molecular formula is C32H34F2N2O5. The Kier molecular flexibility index (Phi) is 8.26. The molecule has 0 unspecified atom stereocenters. The van der Waals surface area contributed by atoms with Gasteiger partial charge >= 0.3 is 5.97 Å². The van der Waals surface area contributed by atoms with Gasteiger partial charge in [0, 0.05) is 25.2 Å². The molecule has 0 saturated carbocycles. The standard InChI is InChI=1S/C32H34F2N2O5/c1-3-40-27-15-21(16-28(41-4-2)30(27)22-5-7-23(33)8-6-22)19-35-13-11-32(12-14-35)18-29(37)36(20-32)24-9-10-25(31(38)39)26(34)17-24/h5-10,15-17H,3-4,11-14,18-20H2,1-2H3,(H,38,39). The van der Waals surface area contributed by atoms with Crippen molar-refractivity contribution in [1.29, 1.82) is 0 Å². The van der Waals surface area contributed by atoms with Crippen molar-refractivity contribution < 1.29 is 33.0 Å². The molecule has 0 radical (unpaired) electrons. The van der Waals surface area contributed by atoms with Crippen LogP contribution in [-0.4, -0.2) is 54.7 Å². The maximum absolute atomic E-state index is 14.3. The van der Waals surface area contributed by atoms with Crippen LogP contribution in [0.4, 0.5) is 14.5 Å². The molecule has 1 N–H and O–H groups in total. The van der Waals surface area contributed by atoms with E-state index in [9.17, 15) is 18.4 Å². The topological polar surface area (TPSA) is 79.3 Å². The Labute approximate surface area is 238 Å².